The Morgan fingerprint density at radius 2 is 2.12 bits per heavy atom. The number of halogens is 1. The quantitative estimate of drug-likeness (QED) is 0.401. The number of nitrogens with one attached hydrogen (secondary N) is 1. The van der Waals surface area contributed by atoms with Crippen LogP contribution >= 0.6 is 22.6 Å². The summed E-state index contributed by atoms with van der Waals surface area (Å²) in [5, 5.41) is 4.01. The van der Waals surface area contributed by atoms with Gasteiger partial charge in [0.15, 0.2) is 23.0 Å². The van der Waals surface area contributed by atoms with E-state index in [4.69, 9.17) is 18.9 Å². The molecule has 0 fully saturated rings. The maximum absolute atomic E-state index is 12.2. The van der Waals surface area contributed by atoms with Gasteiger partial charge in [0.05, 0.1) is 23.5 Å². The van der Waals surface area contributed by atoms with Crippen molar-refractivity contribution < 1.29 is 23.7 Å². The number of hydrogen-bond acceptors (Lipinski definition) is 6. The number of hydrazone groups is 1. The van der Waals surface area contributed by atoms with Gasteiger partial charge in [-0.3, -0.25) is 4.79 Å². The fraction of sp³-hybridized carbons (Fsp3) is 0.222. The van der Waals surface area contributed by atoms with Crippen molar-refractivity contribution in [3.05, 3.63) is 45.0 Å². The molecule has 0 bridgehead atoms. The first-order chi connectivity index (χ1) is 12.6. The minimum absolute atomic E-state index is 0.164. The van der Waals surface area contributed by atoms with Gasteiger partial charge in [-0.1, -0.05) is 0 Å². The Morgan fingerprint density at radius 3 is 2.88 bits per heavy atom. The van der Waals surface area contributed by atoms with Gasteiger partial charge in [-0.15, -0.1) is 0 Å². The molecule has 0 spiro atoms. The van der Waals surface area contributed by atoms with Crippen LogP contribution in [0.4, 0.5) is 0 Å². The molecular formula is C18H17IN2O5. The average molecular weight is 468 g/mol. The number of nitrogens with zero attached hydrogens (tertiary/aromatic N) is 1. The molecule has 2 aromatic rings. The highest BCUT2D eigenvalue weighted by Crippen LogP contribution is 2.34. The predicted molar refractivity (Wildman–Crippen MR) is 105 cm³/mol. The van der Waals surface area contributed by atoms with Crippen molar-refractivity contribution >= 4 is 34.7 Å². The minimum Gasteiger partial charge on any atom is -0.492 e. The van der Waals surface area contributed by atoms with Crippen LogP contribution in [0.5, 0.6) is 23.0 Å². The van der Waals surface area contributed by atoms with Crippen LogP contribution in [0.3, 0.4) is 0 Å². The summed E-state index contributed by atoms with van der Waals surface area (Å²) in [4.78, 5) is 12.2. The predicted octanol–water partition coefficient (Wildman–Crippen LogP) is 3.19. The van der Waals surface area contributed by atoms with Crippen molar-refractivity contribution in [2.75, 3.05) is 20.5 Å². The molecule has 1 heterocycles. The van der Waals surface area contributed by atoms with Gasteiger partial charge < -0.3 is 18.9 Å². The monoisotopic (exact) mass is 468 g/mol. The van der Waals surface area contributed by atoms with Gasteiger partial charge in [0.2, 0.25) is 6.79 Å². The van der Waals surface area contributed by atoms with E-state index in [0.717, 1.165) is 9.13 Å². The highest BCUT2D eigenvalue weighted by Gasteiger charge is 2.16. The summed E-state index contributed by atoms with van der Waals surface area (Å²) in [7, 11) is 1.60. The molecule has 3 rings (SSSR count). The van der Waals surface area contributed by atoms with Crippen molar-refractivity contribution in [3.8, 4) is 23.0 Å². The van der Waals surface area contributed by atoms with Crippen LogP contribution < -0.4 is 24.4 Å². The van der Waals surface area contributed by atoms with E-state index in [9.17, 15) is 4.79 Å². The van der Waals surface area contributed by atoms with E-state index < -0.39 is 0 Å². The third kappa shape index (κ3) is 4.01. The van der Waals surface area contributed by atoms with Gasteiger partial charge in [0.25, 0.3) is 5.91 Å². The first kappa shape index (κ1) is 18.3. The standard InChI is InChI=1S/C18H17IN2O5/c1-3-24-16-7-11(6-13(19)17(16)23-2)9-20-21-18(22)12-4-5-14-15(8-12)26-10-25-14/h4-9H,3,10H2,1-2H3,(H,21,22)/b20-9+. The Kier molecular flexibility index (Phi) is 5.82. The number of benzene rings is 2. The number of carbonyl (C=O) groups excluding carboxylic acids is 1. The maximum atomic E-state index is 12.2. The number of amides is 1. The summed E-state index contributed by atoms with van der Waals surface area (Å²) in [5.74, 6) is 2.14. The summed E-state index contributed by atoms with van der Waals surface area (Å²) in [6.07, 6.45) is 1.55. The van der Waals surface area contributed by atoms with E-state index in [2.05, 4.69) is 33.1 Å². The molecule has 26 heavy (non-hydrogen) atoms. The smallest absolute Gasteiger partial charge is 0.271 e. The van der Waals surface area contributed by atoms with Crippen LogP contribution in [0, 0.1) is 3.57 Å². The van der Waals surface area contributed by atoms with Crippen LogP contribution in [-0.4, -0.2) is 32.6 Å². The summed E-state index contributed by atoms with van der Waals surface area (Å²) in [6, 6.07) is 8.67. The molecule has 1 amide bonds. The normalized spacial score (nSPS) is 12.3. The van der Waals surface area contributed by atoms with E-state index in [0.29, 0.717) is 35.2 Å². The van der Waals surface area contributed by atoms with Gasteiger partial charge in [-0.25, -0.2) is 5.43 Å². The number of hydrogen-bond donors (Lipinski definition) is 1. The number of carbonyl (C=O) groups is 1. The first-order valence-electron chi connectivity index (χ1n) is 7.85. The summed E-state index contributed by atoms with van der Waals surface area (Å²) in [5.41, 5.74) is 3.72. The third-order valence-corrected chi connectivity index (χ3v) is 4.35. The zero-order chi connectivity index (χ0) is 18.5. The molecule has 2 aromatic carbocycles. The Bertz CT molecular complexity index is 854. The van der Waals surface area contributed by atoms with Gasteiger partial charge in [0.1, 0.15) is 0 Å². The third-order valence-electron chi connectivity index (χ3n) is 3.55. The molecular weight excluding hydrogens is 451 g/mol. The molecule has 1 aliphatic heterocycles. The fourth-order valence-corrected chi connectivity index (χ4v) is 3.24. The lowest BCUT2D eigenvalue weighted by atomic mass is 10.2. The van der Waals surface area contributed by atoms with E-state index in [1.807, 2.05) is 13.0 Å². The molecule has 0 atom stereocenters. The van der Waals surface area contributed by atoms with Crippen molar-refractivity contribution in [3.63, 3.8) is 0 Å². The molecule has 1 N–H and O–H groups in total. The molecule has 8 heteroatoms. The van der Waals surface area contributed by atoms with Crippen LogP contribution in [0.2, 0.25) is 0 Å². The maximum Gasteiger partial charge on any atom is 0.271 e. The van der Waals surface area contributed by atoms with E-state index in [-0.39, 0.29) is 12.7 Å². The summed E-state index contributed by atoms with van der Waals surface area (Å²) < 4.78 is 22.3. The van der Waals surface area contributed by atoms with E-state index in [1.54, 1.807) is 37.6 Å². The first-order valence-corrected chi connectivity index (χ1v) is 8.93. The molecule has 0 saturated heterocycles. The Balaban J connectivity index is 1.71. The molecule has 1 aliphatic rings. The van der Waals surface area contributed by atoms with Crippen molar-refractivity contribution in [1.29, 1.82) is 0 Å². The SMILES string of the molecule is CCOc1cc(/C=N/NC(=O)c2ccc3c(c2)OCO3)cc(I)c1OC. The molecule has 7 nitrogen and oxygen atoms in total. The summed E-state index contributed by atoms with van der Waals surface area (Å²) in [6.45, 7) is 2.59. The summed E-state index contributed by atoms with van der Waals surface area (Å²) >= 11 is 2.16. The number of methoxy groups -OCH3 is 1. The fourth-order valence-electron chi connectivity index (χ4n) is 2.39. The topological polar surface area (TPSA) is 78.4 Å². The lowest BCUT2D eigenvalue weighted by molar-refractivity contribution is 0.0954. The van der Waals surface area contributed by atoms with Gasteiger partial charge in [-0.05, 0) is 65.4 Å². The van der Waals surface area contributed by atoms with Gasteiger partial charge in [0, 0.05) is 5.56 Å². The molecule has 0 saturated carbocycles. The highest BCUT2D eigenvalue weighted by molar-refractivity contribution is 14.1. The molecule has 136 valence electrons. The second-order valence-electron chi connectivity index (χ2n) is 5.23. The molecule has 0 aliphatic carbocycles. The highest BCUT2D eigenvalue weighted by atomic mass is 127. The Morgan fingerprint density at radius 1 is 1.31 bits per heavy atom. The van der Waals surface area contributed by atoms with Crippen LogP contribution in [0.15, 0.2) is 35.4 Å². The number of fused-ring (bicyclic) bond motifs is 1. The molecule has 0 aromatic heterocycles. The second kappa shape index (κ2) is 8.26. The Hall–Kier alpha value is -2.49. The Labute approximate surface area is 164 Å². The largest absolute Gasteiger partial charge is 0.492 e. The number of rotatable bonds is 6. The average Bonchev–Trinajstić information content (AvgIpc) is 3.09. The number of ether oxygens (including phenoxy) is 4. The lowest BCUT2D eigenvalue weighted by Gasteiger charge is -2.11. The second-order valence-corrected chi connectivity index (χ2v) is 6.40. The van der Waals surface area contributed by atoms with Crippen molar-refractivity contribution in [2.24, 2.45) is 5.10 Å². The molecule has 0 unspecified atom stereocenters. The van der Waals surface area contributed by atoms with Gasteiger partial charge in [-0.2, -0.15) is 5.10 Å². The van der Waals surface area contributed by atoms with Crippen molar-refractivity contribution in [1.82, 2.24) is 5.43 Å². The zero-order valence-electron chi connectivity index (χ0n) is 14.2. The van der Waals surface area contributed by atoms with E-state index >= 15 is 0 Å². The van der Waals surface area contributed by atoms with Crippen LogP contribution in [0.25, 0.3) is 0 Å². The minimum atomic E-state index is -0.340. The van der Waals surface area contributed by atoms with Gasteiger partial charge >= 0.3 is 0 Å². The zero-order valence-corrected chi connectivity index (χ0v) is 16.4. The van der Waals surface area contributed by atoms with Crippen LogP contribution in [0.1, 0.15) is 22.8 Å². The van der Waals surface area contributed by atoms with Crippen LogP contribution in [-0.2, 0) is 0 Å². The lowest BCUT2D eigenvalue weighted by Crippen LogP contribution is -2.17. The van der Waals surface area contributed by atoms with Crippen molar-refractivity contribution in [2.45, 2.75) is 6.92 Å². The van der Waals surface area contributed by atoms with E-state index in [1.165, 1.54) is 0 Å². The molecule has 0 radical (unpaired) electrons.